The monoisotopic (exact) mass is 417 g/mol. The van der Waals surface area contributed by atoms with Gasteiger partial charge in [0.15, 0.2) is 0 Å². The summed E-state index contributed by atoms with van der Waals surface area (Å²) in [6.45, 7) is 0.991. The molecule has 0 saturated heterocycles. The number of fused-ring (bicyclic) bond motifs is 5. The third-order valence-electron chi connectivity index (χ3n) is 4.12. The SMILES string of the molecule is C[N+](C)(C)Cc1c2ccccc2n2cnc3ccccc3c12.[I-]. The van der Waals surface area contributed by atoms with Gasteiger partial charge in [0.25, 0.3) is 0 Å². The van der Waals surface area contributed by atoms with Gasteiger partial charge in [-0.2, -0.15) is 0 Å². The second-order valence-corrected chi connectivity index (χ2v) is 6.92. The summed E-state index contributed by atoms with van der Waals surface area (Å²) in [5, 5.41) is 2.55. The highest BCUT2D eigenvalue weighted by atomic mass is 127. The highest BCUT2D eigenvalue weighted by Gasteiger charge is 2.19. The molecule has 118 valence electrons. The van der Waals surface area contributed by atoms with Crippen molar-refractivity contribution in [3.63, 3.8) is 0 Å². The van der Waals surface area contributed by atoms with Crippen LogP contribution in [-0.4, -0.2) is 35.0 Å². The molecule has 0 amide bonds. The fourth-order valence-electron chi connectivity index (χ4n) is 3.29. The minimum absolute atomic E-state index is 0. The molecule has 4 rings (SSSR count). The van der Waals surface area contributed by atoms with E-state index in [4.69, 9.17) is 0 Å². The van der Waals surface area contributed by atoms with E-state index in [0.717, 1.165) is 16.5 Å². The molecular formula is C19H20IN3. The predicted molar refractivity (Wildman–Crippen MR) is 91.9 cm³/mol. The van der Waals surface area contributed by atoms with Crippen LogP contribution in [0.2, 0.25) is 0 Å². The minimum atomic E-state index is 0. The number of quaternary nitrogens is 1. The first-order valence-corrected chi connectivity index (χ1v) is 7.60. The van der Waals surface area contributed by atoms with Crippen molar-refractivity contribution in [2.24, 2.45) is 0 Å². The molecule has 0 aliphatic rings. The Morgan fingerprint density at radius 2 is 1.57 bits per heavy atom. The smallest absolute Gasteiger partial charge is 0.106 e. The Kier molecular flexibility index (Phi) is 4.06. The molecule has 4 heteroatoms. The van der Waals surface area contributed by atoms with E-state index in [-0.39, 0.29) is 24.0 Å². The van der Waals surface area contributed by atoms with E-state index >= 15 is 0 Å². The van der Waals surface area contributed by atoms with Gasteiger partial charge in [-0.15, -0.1) is 0 Å². The molecule has 0 N–H and O–H groups in total. The standard InChI is InChI=1S/C19H20N3.HI/c1-22(2,3)12-16-14-8-5-7-11-18(14)21-13-20-17-10-6-4-9-15(17)19(16)21;/h4-11,13H,12H2,1-3H3;1H/q+1;/p-1. The number of halogens is 1. The molecule has 4 aromatic rings. The first-order valence-electron chi connectivity index (χ1n) is 7.60. The van der Waals surface area contributed by atoms with Crippen molar-refractivity contribution in [3.8, 4) is 0 Å². The van der Waals surface area contributed by atoms with Gasteiger partial charge in [-0.25, -0.2) is 4.98 Å². The molecule has 0 aliphatic carbocycles. The molecule has 0 radical (unpaired) electrons. The van der Waals surface area contributed by atoms with Gasteiger partial charge in [0.2, 0.25) is 0 Å². The summed E-state index contributed by atoms with van der Waals surface area (Å²) in [5.41, 5.74) is 4.99. The van der Waals surface area contributed by atoms with Crippen molar-refractivity contribution in [3.05, 3.63) is 60.4 Å². The average Bonchev–Trinajstić information content (AvgIpc) is 2.81. The van der Waals surface area contributed by atoms with Crippen LogP contribution >= 0.6 is 0 Å². The van der Waals surface area contributed by atoms with Crippen molar-refractivity contribution < 1.29 is 28.5 Å². The molecule has 0 atom stereocenters. The Morgan fingerprint density at radius 1 is 0.913 bits per heavy atom. The van der Waals surface area contributed by atoms with E-state index < -0.39 is 0 Å². The second-order valence-electron chi connectivity index (χ2n) is 6.92. The topological polar surface area (TPSA) is 17.3 Å². The molecule has 0 fully saturated rings. The fourth-order valence-corrected chi connectivity index (χ4v) is 3.29. The van der Waals surface area contributed by atoms with E-state index in [0.29, 0.717) is 0 Å². The zero-order valence-corrected chi connectivity index (χ0v) is 15.8. The summed E-state index contributed by atoms with van der Waals surface area (Å²) in [6, 6.07) is 17.0. The summed E-state index contributed by atoms with van der Waals surface area (Å²) in [5.74, 6) is 0. The number of para-hydroxylation sites is 2. The van der Waals surface area contributed by atoms with E-state index in [9.17, 15) is 0 Å². The Bertz CT molecular complexity index is 996. The van der Waals surface area contributed by atoms with Crippen LogP contribution in [0.25, 0.3) is 27.3 Å². The zero-order valence-electron chi connectivity index (χ0n) is 13.6. The summed E-state index contributed by atoms with van der Waals surface area (Å²) < 4.78 is 3.14. The molecule has 0 spiro atoms. The van der Waals surface area contributed by atoms with Gasteiger partial charge in [0.1, 0.15) is 12.9 Å². The lowest BCUT2D eigenvalue weighted by molar-refractivity contribution is -0.883. The molecule has 3 nitrogen and oxygen atoms in total. The summed E-state index contributed by atoms with van der Waals surface area (Å²) >= 11 is 0. The molecule has 0 unspecified atom stereocenters. The lowest BCUT2D eigenvalue weighted by atomic mass is 10.1. The summed E-state index contributed by atoms with van der Waals surface area (Å²) in [7, 11) is 6.71. The third-order valence-corrected chi connectivity index (χ3v) is 4.12. The lowest BCUT2D eigenvalue weighted by Crippen LogP contribution is -3.00. The molecule has 0 bridgehead atoms. The van der Waals surface area contributed by atoms with Gasteiger partial charge in [-0.3, -0.25) is 4.40 Å². The Hall–Kier alpha value is -1.66. The quantitative estimate of drug-likeness (QED) is 0.349. The van der Waals surface area contributed by atoms with E-state index in [1.54, 1.807) is 0 Å². The predicted octanol–water partition coefficient (Wildman–Crippen LogP) is 0.851. The number of hydrogen-bond donors (Lipinski definition) is 0. The maximum absolute atomic E-state index is 4.63. The minimum Gasteiger partial charge on any atom is -1.00 e. The van der Waals surface area contributed by atoms with Crippen LogP contribution in [0.4, 0.5) is 0 Å². The van der Waals surface area contributed by atoms with E-state index in [2.05, 4.69) is 73.0 Å². The van der Waals surface area contributed by atoms with Crippen LogP contribution in [0, 0.1) is 0 Å². The molecule has 2 aromatic heterocycles. The lowest BCUT2D eigenvalue weighted by Gasteiger charge is -2.24. The largest absolute Gasteiger partial charge is 1.00 e. The number of hydrogen-bond acceptors (Lipinski definition) is 1. The Labute approximate surface area is 153 Å². The van der Waals surface area contributed by atoms with E-state index in [1.807, 2.05) is 12.4 Å². The van der Waals surface area contributed by atoms with Crippen molar-refractivity contribution >= 4 is 27.3 Å². The van der Waals surface area contributed by atoms with Crippen molar-refractivity contribution in [2.75, 3.05) is 21.1 Å². The summed E-state index contributed by atoms with van der Waals surface area (Å²) in [6.07, 6.45) is 1.96. The fraction of sp³-hybridized carbons (Fsp3) is 0.211. The van der Waals surface area contributed by atoms with Gasteiger partial charge in [-0.1, -0.05) is 36.4 Å². The third kappa shape index (κ3) is 2.70. The van der Waals surface area contributed by atoms with Crippen LogP contribution in [0.1, 0.15) is 5.56 Å². The van der Waals surface area contributed by atoms with Crippen LogP contribution in [0.5, 0.6) is 0 Å². The van der Waals surface area contributed by atoms with Crippen LogP contribution in [0.15, 0.2) is 54.9 Å². The highest BCUT2D eigenvalue weighted by Crippen LogP contribution is 2.32. The van der Waals surface area contributed by atoms with Gasteiger partial charge in [0, 0.05) is 16.3 Å². The molecule has 23 heavy (non-hydrogen) atoms. The second kappa shape index (κ2) is 5.76. The van der Waals surface area contributed by atoms with Gasteiger partial charge >= 0.3 is 0 Å². The number of nitrogens with zero attached hydrogens (tertiary/aromatic N) is 3. The van der Waals surface area contributed by atoms with Crippen molar-refractivity contribution in [1.82, 2.24) is 9.38 Å². The number of aromatic nitrogens is 2. The Morgan fingerprint density at radius 3 is 2.30 bits per heavy atom. The number of rotatable bonds is 2. The molecule has 0 aliphatic heterocycles. The van der Waals surface area contributed by atoms with Gasteiger partial charge < -0.3 is 28.5 Å². The van der Waals surface area contributed by atoms with Crippen molar-refractivity contribution in [1.29, 1.82) is 0 Å². The first-order chi connectivity index (χ1) is 10.5. The first kappa shape index (κ1) is 16.2. The zero-order chi connectivity index (χ0) is 15.3. The molecule has 2 aromatic carbocycles. The van der Waals surface area contributed by atoms with Crippen LogP contribution in [-0.2, 0) is 6.54 Å². The van der Waals surface area contributed by atoms with Crippen LogP contribution in [0.3, 0.4) is 0 Å². The normalized spacial score (nSPS) is 12.0. The van der Waals surface area contributed by atoms with Gasteiger partial charge in [0.05, 0.1) is 37.7 Å². The Balaban J connectivity index is 0.00000156. The van der Waals surface area contributed by atoms with Crippen LogP contribution < -0.4 is 24.0 Å². The molecular weight excluding hydrogens is 397 g/mol. The highest BCUT2D eigenvalue weighted by molar-refractivity contribution is 6.03. The van der Waals surface area contributed by atoms with Crippen molar-refractivity contribution in [2.45, 2.75) is 6.54 Å². The van der Waals surface area contributed by atoms with Gasteiger partial charge in [-0.05, 0) is 12.1 Å². The maximum Gasteiger partial charge on any atom is 0.106 e. The maximum atomic E-state index is 4.63. The average molecular weight is 417 g/mol. The summed E-state index contributed by atoms with van der Waals surface area (Å²) in [4.78, 5) is 4.63. The van der Waals surface area contributed by atoms with E-state index in [1.165, 1.54) is 27.4 Å². The molecule has 0 saturated carbocycles. The molecule has 2 heterocycles. The number of benzene rings is 2.